The van der Waals surface area contributed by atoms with Gasteiger partial charge in [-0.15, -0.1) is 0 Å². The molecule has 0 aliphatic heterocycles. The smallest absolute Gasteiger partial charge is 0.295 e. The molecule has 0 aromatic heterocycles. The Bertz CT molecular complexity index is 1020. The predicted octanol–water partition coefficient (Wildman–Crippen LogP) is 9.04. The van der Waals surface area contributed by atoms with E-state index in [-0.39, 0.29) is 13.2 Å². The summed E-state index contributed by atoms with van der Waals surface area (Å²) in [7, 11) is -6.12. The van der Waals surface area contributed by atoms with Gasteiger partial charge in [-0.25, -0.2) is 0 Å². The van der Waals surface area contributed by atoms with E-state index >= 15 is 0 Å². The molecule has 0 unspecified atom stereocenters. The quantitative estimate of drug-likeness (QED) is 0.0550. The lowest BCUT2D eigenvalue weighted by Gasteiger charge is -2.28. The molecule has 54 heavy (non-hydrogen) atoms. The second-order valence-electron chi connectivity index (χ2n) is 14.5. The Labute approximate surface area is 333 Å². The largest absolute Gasteiger partial charge is 0.545 e. The fourth-order valence-corrected chi connectivity index (χ4v) is 17.9. The molecule has 0 fully saturated rings. The molecule has 0 heterocycles. The van der Waals surface area contributed by atoms with Crippen molar-refractivity contribution in [1.82, 2.24) is 0 Å². The lowest BCUT2D eigenvalue weighted by molar-refractivity contribution is -0.255. The van der Waals surface area contributed by atoms with Gasteiger partial charge in [0.15, 0.2) is 0 Å². The Balaban J connectivity index is -0.000000686. The number of aromatic carboxylic acids is 2. The van der Waals surface area contributed by atoms with Crippen LogP contribution in [0.2, 0.25) is 0 Å². The highest BCUT2D eigenvalue weighted by molar-refractivity contribution is 7.86. The number of hydrogen-bond donors (Lipinski definition) is 3. The van der Waals surface area contributed by atoms with E-state index in [0.29, 0.717) is 0 Å². The second kappa shape index (κ2) is 36.2. The number of carboxylic acids is 2. The maximum absolute atomic E-state index is 10.9. The van der Waals surface area contributed by atoms with E-state index in [4.69, 9.17) is 14.8 Å². The number of carbonyl (C=O) groups is 2. The van der Waals surface area contributed by atoms with Gasteiger partial charge in [0.2, 0.25) is 0 Å². The molecule has 0 radical (unpaired) electrons. The number of benzene rings is 1. The van der Waals surface area contributed by atoms with E-state index in [2.05, 4.69) is 55.4 Å². The van der Waals surface area contributed by atoms with E-state index in [1.165, 1.54) is 103 Å². The number of unbranched alkanes of at least 4 members (excludes halogenated alkanes) is 8. The fraction of sp³-hybridized carbons (Fsp3) is 0.810. The predicted molar refractivity (Wildman–Crippen MR) is 231 cm³/mol. The minimum Gasteiger partial charge on any atom is -0.545 e. The normalized spacial score (nSPS) is 11.4. The maximum atomic E-state index is 10.9. The maximum Gasteiger partial charge on any atom is 0.295 e. The van der Waals surface area contributed by atoms with Crippen molar-refractivity contribution in [2.45, 2.75) is 163 Å². The van der Waals surface area contributed by atoms with Crippen LogP contribution in [0, 0.1) is 0 Å². The van der Waals surface area contributed by atoms with Crippen LogP contribution >= 0.6 is 14.5 Å². The van der Waals surface area contributed by atoms with Crippen LogP contribution in [0.4, 0.5) is 0 Å². The zero-order valence-corrected chi connectivity index (χ0v) is 38.3. The van der Waals surface area contributed by atoms with Crippen LogP contribution in [0.3, 0.4) is 0 Å². The summed E-state index contributed by atoms with van der Waals surface area (Å²) in [5.41, 5.74) is -1.88. The van der Waals surface area contributed by atoms with Gasteiger partial charge >= 0.3 is 0 Å². The molecule has 3 N–H and O–H groups in total. The summed E-state index contributed by atoms with van der Waals surface area (Å²) in [5, 5.41) is 36.3. The third-order valence-corrected chi connectivity index (χ3v) is 20.8. The lowest BCUT2D eigenvalue weighted by atomic mass is 10.1. The van der Waals surface area contributed by atoms with Gasteiger partial charge in [-0.05, 0) is 51.4 Å². The summed E-state index contributed by atoms with van der Waals surface area (Å²) in [6.07, 6.45) is 35.9. The Kier molecular flexibility index (Phi) is 38.3. The van der Waals surface area contributed by atoms with E-state index in [9.17, 15) is 28.2 Å². The molecule has 0 aliphatic carbocycles. The second-order valence-corrected chi connectivity index (χ2v) is 24.8. The molecule has 1 aromatic carbocycles. The van der Waals surface area contributed by atoms with E-state index < -0.39 is 52.6 Å². The van der Waals surface area contributed by atoms with Gasteiger partial charge in [0.1, 0.15) is 4.90 Å². The summed E-state index contributed by atoms with van der Waals surface area (Å²) < 4.78 is 30.5. The monoisotopic (exact) mass is 825 g/mol. The molecule has 320 valence electrons. The first kappa shape index (κ1) is 57.2. The number of carbonyl (C=O) groups excluding carboxylic acids is 2. The minimum atomic E-state index is -5.00. The Morgan fingerprint density at radius 2 is 0.704 bits per heavy atom. The number of hydrogen-bond acceptors (Lipinski definition) is 8. The molecule has 0 amide bonds. The molecule has 0 bridgehead atoms. The molecule has 0 saturated heterocycles. The van der Waals surface area contributed by atoms with Crippen LogP contribution in [0.15, 0.2) is 23.1 Å². The molecule has 0 atom stereocenters. The van der Waals surface area contributed by atoms with Crippen LogP contribution in [-0.2, 0) is 10.1 Å². The first-order valence-electron chi connectivity index (χ1n) is 21.1. The van der Waals surface area contributed by atoms with Gasteiger partial charge in [-0.3, -0.25) is 4.55 Å². The van der Waals surface area contributed by atoms with E-state index in [1.807, 2.05) is 0 Å². The highest BCUT2D eigenvalue weighted by Crippen LogP contribution is 2.62. The zero-order valence-electron chi connectivity index (χ0n) is 35.7. The summed E-state index contributed by atoms with van der Waals surface area (Å²) in [6.45, 7) is 18.6. The summed E-state index contributed by atoms with van der Waals surface area (Å²) >= 11 is 0. The Hall–Kier alpha value is -1.15. The molecule has 0 spiro atoms. The van der Waals surface area contributed by atoms with Crippen molar-refractivity contribution in [2.75, 3.05) is 62.5 Å². The third-order valence-electron chi connectivity index (χ3n) is 9.70. The Morgan fingerprint density at radius 1 is 0.500 bits per heavy atom. The minimum absolute atomic E-state index is 0.125. The van der Waals surface area contributed by atoms with Crippen molar-refractivity contribution in [1.29, 1.82) is 0 Å². The van der Waals surface area contributed by atoms with Crippen molar-refractivity contribution >= 4 is 36.6 Å². The van der Waals surface area contributed by atoms with Gasteiger partial charge < -0.3 is 30.0 Å². The van der Waals surface area contributed by atoms with Crippen molar-refractivity contribution in [3.63, 3.8) is 0 Å². The summed E-state index contributed by atoms with van der Waals surface area (Å²) in [6, 6.07) is 2.58. The highest BCUT2D eigenvalue weighted by atomic mass is 32.2. The highest BCUT2D eigenvalue weighted by Gasteiger charge is 2.35. The van der Waals surface area contributed by atoms with Crippen LogP contribution in [0.5, 0.6) is 0 Å². The van der Waals surface area contributed by atoms with Crippen LogP contribution < -0.4 is 10.2 Å². The lowest BCUT2D eigenvalue weighted by Crippen LogP contribution is -2.29. The Morgan fingerprint density at radius 3 is 0.833 bits per heavy atom. The standard InChI is InChI=1S/2C16H36P.C8H6O7S.C2H6O2/c2*1-5-9-13-17(14-10-6-2,15-11-7-3)16-12-8-4;9-7(10)4-2-1-3-5(8(11)12)6(4)16(13,14)15;3-1-2-4/h2*5-16H2,1-4H3;1-3H,(H,9,10)(H,11,12)(H,13,14,15);3-4H,1-2H2/q2*+1;;/p-2. The molecule has 0 aliphatic rings. The van der Waals surface area contributed by atoms with Gasteiger partial charge in [0.25, 0.3) is 10.1 Å². The SMILES string of the molecule is CCCC[P+](CCCC)(CCCC)CCCC.CCCC[P+](CCCC)(CCCC)CCCC.O=C([O-])c1cccc(C(=O)[O-])c1S(=O)(=O)O.OCCO. The molecular weight excluding hydrogens is 742 g/mol. The molecular formula is C42H82O9P2S. The van der Waals surface area contributed by atoms with Crippen molar-refractivity contribution in [3.05, 3.63) is 29.3 Å². The summed E-state index contributed by atoms with van der Waals surface area (Å²) in [4.78, 5) is 19.8. The average molecular weight is 825 g/mol. The third kappa shape index (κ3) is 27.4. The number of carboxylic acid groups (broad SMARTS) is 2. The van der Waals surface area contributed by atoms with Gasteiger partial charge in [-0.2, -0.15) is 8.42 Å². The topological polar surface area (TPSA) is 175 Å². The number of aliphatic hydroxyl groups excluding tert-OH is 2. The van der Waals surface area contributed by atoms with E-state index in [0.717, 1.165) is 18.2 Å². The first-order valence-corrected chi connectivity index (χ1v) is 27.6. The van der Waals surface area contributed by atoms with Crippen LogP contribution in [-0.4, -0.2) is 97.6 Å². The van der Waals surface area contributed by atoms with Gasteiger partial charge in [0.05, 0.1) is 74.4 Å². The van der Waals surface area contributed by atoms with Gasteiger partial charge in [0, 0.05) is 25.7 Å². The molecule has 0 saturated carbocycles. The van der Waals surface area contributed by atoms with Crippen molar-refractivity contribution in [2.24, 2.45) is 0 Å². The molecule has 1 rings (SSSR count). The van der Waals surface area contributed by atoms with Crippen molar-refractivity contribution in [3.8, 4) is 0 Å². The molecule has 9 nitrogen and oxygen atoms in total. The number of rotatable bonds is 28. The first-order chi connectivity index (χ1) is 25.6. The van der Waals surface area contributed by atoms with Crippen LogP contribution in [0.25, 0.3) is 0 Å². The average Bonchev–Trinajstić information content (AvgIpc) is 3.16. The van der Waals surface area contributed by atoms with E-state index in [1.54, 1.807) is 49.3 Å². The van der Waals surface area contributed by atoms with Crippen molar-refractivity contribution < 1.29 is 43.0 Å². The van der Waals surface area contributed by atoms with Crippen LogP contribution in [0.1, 0.15) is 179 Å². The fourth-order valence-electron chi connectivity index (χ4n) is 6.43. The molecule has 12 heteroatoms. The zero-order chi connectivity index (χ0) is 41.9. The summed E-state index contributed by atoms with van der Waals surface area (Å²) in [5.74, 6) is -3.84. The molecule has 1 aromatic rings. The van der Waals surface area contributed by atoms with Gasteiger partial charge in [-0.1, -0.05) is 125 Å². The number of aliphatic hydroxyl groups is 2.